The van der Waals surface area contributed by atoms with Crippen molar-refractivity contribution in [2.24, 2.45) is 0 Å². The summed E-state index contributed by atoms with van der Waals surface area (Å²) in [6, 6.07) is 9.15. The highest BCUT2D eigenvalue weighted by Crippen LogP contribution is 2.29. The Morgan fingerprint density at radius 3 is 2.52 bits per heavy atom. The molecule has 0 fully saturated rings. The molecule has 1 N–H and O–H groups in total. The zero-order valence-electron chi connectivity index (χ0n) is 12.6. The van der Waals surface area contributed by atoms with Crippen LogP contribution in [0.2, 0.25) is 0 Å². The van der Waals surface area contributed by atoms with Crippen molar-refractivity contribution in [1.29, 1.82) is 0 Å². The summed E-state index contributed by atoms with van der Waals surface area (Å²) in [5.41, 5.74) is 0.887. The Hall–Kier alpha value is -2.01. The molecule has 0 aliphatic heterocycles. The van der Waals surface area contributed by atoms with E-state index in [1.807, 2.05) is 44.2 Å². The van der Waals surface area contributed by atoms with E-state index in [-0.39, 0.29) is 11.9 Å². The van der Waals surface area contributed by atoms with Gasteiger partial charge in [0.05, 0.1) is 25.1 Å². The minimum Gasteiger partial charge on any atom is -0.497 e. The lowest BCUT2D eigenvalue weighted by molar-refractivity contribution is 0.0943. The van der Waals surface area contributed by atoms with Gasteiger partial charge in [0.25, 0.3) is 5.91 Å². The highest BCUT2D eigenvalue weighted by atomic mass is 32.1. The molecule has 1 aromatic heterocycles. The fraction of sp³-hybridized carbons (Fsp3) is 0.312. The molecule has 0 aliphatic carbocycles. The summed E-state index contributed by atoms with van der Waals surface area (Å²) >= 11 is 1.48. The first kappa shape index (κ1) is 15.4. The van der Waals surface area contributed by atoms with Gasteiger partial charge < -0.3 is 14.8 Å². The van der Waals surface area contributed by atoms with E-state index in [2.05, 4.69) is 5.32 Å². The second kappa shape index (κ2) is 6.63. The lowest BCUT2D eigenvalue weighted by Gasteiger charge is -2.18. The fourth-order valence-electron chi connectivity index (χ4n) is 2.08. The zero-order valence-corrected chi connectivity index (χ0v) is 13.4. The number of carbonyl (C=O) groups is 1. The molecule has 1 heterocycles. The van der Waals surface area contributed by atoms with Crippen LogP contribution in [0, 0.1) is 6.92 Å². The van der Waals surface area contributed by atoms with Gasteiger partial charge in [0.1, 0.15) is 11.5 Å². The van der Waals surface area contributed by atoms with Gasteiger partial charge in [0.2, 0.25) is 0 Å². The summed E-state index contributed by atoms with van der Waals surface area (Å²) in [4.78, 5) is 14.0. The Labute approximate surface area is 128 Å². The average Bonchev–Trinajstić information content (AvgIpc) is 2.93. The molecule has 0 radical (unpaired) electrons. The molecule has 0 aliphatic rings. The second-order valence-corrected chi connectivity index (χ2v) is 6.00. The summed E-state index contributed by atoms with van der Waals surface area (Å²) in [5, 5.41) is 2.99. The van der Waals surface area contributed by atoms with Crippen molar-refractivity contribution in [3.63, 3.8) is 0 Å². The summed E-state index contributed by atoms with van der Waals surface area (Å²) in [5.74, 6) is 1.38. The van der Waals surface area contributed by atoms with Gasteiger partial charge in [-0.3, -0.25) is 4.79 Å². The van der Waals surface area contributed by atoms with Crippen LogP contribution in [0.3, 0.4) is 0 Å². The number of methoxy groups -OCH3 is 2. The van der Waals surface area contributed by atoms with Crippen molar-refractivity contribution < 1.29 is 14.3 Å². The minimum atomic E-state index is -0.176. The Bertz CT molecular complexity index is 636. The molecule has 1 aromatic carbocycles. The third-order valence-electron chi connectivity index (χ3n) is 3.22. The molecule has 1 amide bonds. The number of amides is 1. The molecule has 112 valence electrons. The summed E-state index contributed by atoms with van der Waals surface area (Å²) in [6.45, 7) is 3.91. The molecule has 1 unspecified atom stereocenters. The first-order valence-electron chi connectivity index (χ1n) is 6.64. The zero-order chi connectivity index (χ0) is 15.4. The van der Waals surface area contributed by atoms with Crippen LogP contribution >= 0.6 is 11.3 Å². The molecule has 0 bridgehead atoms. The highest BCUT2D eigenvalue weighted by Gasteiger charge is 2.17. The van der Waals surface area contributed by atoms with E-state index in [0.29, 0.717) is 4.88 Å². The van der Waals surface area contributed by atoms with Crippen LogP contribution < -0.4 is 14.8 Å². The lowest BCUT2D eigenvalue weighted by Crippen LogP contribution is -2.26. The molecular weight excluding hydrogens is 286 g/mol. The monoisotopic (exact) mass is 305 g/mol. The first-order chi connectivity index (χ1) is 10.0. The van der Waals surface area contributed by atoms with E-state index in [0.717, 1.165) is 21.9 Å². The van der Waals surface area contributed by atoms with Crippen molar-refractivity contribution in [3.8, 4) is 11.5 Å². The van der Waals surface area contributed by atoms with Crippen LogP contribution in [0.4, 0.5) is 0 Å². The molecule has 5 heteroatoms. The van der Waals surface area contributed by atoms with Crippen molar-refractivity contribution in [2.75, 3.05) is 14.2 Å². The van der Waals surface area contributed by atoms with Gasteiger partial charge in [0, 0.05) is 10.4 Å². The third kappa shape index (κ3) is 3.55. The largest absolute Gasteiger partial charge is 0.497 e. The van der Waals surface area contributed by atoms with E-state index in [1.165, 1.54) is 11.3 Å². The maximum Gasteiger partial charge on any atom is 0.261 e. The molecular formula is C16H19NO3S. The van der Waals surface area contributed by atoms with E-state index in [4.69, 9.17) is 9.47 Å². The van der Waals surface area contributed by atoms with Gasteiger partial charge in [0.15, 0.2) is 0 Å². The molecule has 0 saturated heterocycles. The molecule has 2 rings (SSSR count). The van der Waals surface area contributed by atoms with Crippen molar-refractivity contribution in [3.05, 3.63) is 45.6 Å². The van der Waals surface area contributed by atoms with Crippen LogP contribution in [-0.2, 0) is 0 Å². The Morgan fingerprint density at radius 2 is 1.95 bits per heavy atom. The smallest absolute Gasteiger partial charge is 0.261 e. The molecule has 0 saturated carbocycles. The number of nitrogens with one attached hydrogen (secondary N) is 1. The quantitative estimate of drug-likeness (QED) is 0.918. The Kier molecular flexibility index (Phi) is 4.85. The van der Waals surface area contributed by atoms with Crippen molar-refractivity contribution in [2.45, 2.75) is 19.9 Å². The highest BCUT2D eigenvalue weighted by molar-refractivity contribution is 7.13. The van der Waals surface area contributed by atoms with Crippen LogP contribution in [0.15, 0.2) is 30.3 Å². The lowest BCUT2D eigenvalue weighted by atomic mass is 10.1. The number of hydrogen-bond donors (Lipinski definition) is 1. The normalized spacial score (nSPS) is 11.8. The van der Waals surface area contributed by atoms with E-state index < -0.39 is 0 Å². The number of carbonyl (C=O) groups excluding carboxylic acids is 1. The van der Waals surface area contributed by atoms with Gasteiger partial charge in [-0.15, -0.1) is 11.3 Å². The van der Waals surface area contributed by atoms with Gasteiger partial charge in [-0.2, -0.15) is 0 Å². The average molecular weight is 305 g/mol. The van der Waals surface area contributed by atoms with Gasteiger partial charge in [-0.05, 0) is 44.2 Å². The third-order valence-corrected chi connectivity index (χ3v) is 4.21. The molecule has 21 heavy (non-hydrogen) atoms. The predicted octanol–water partition coefficient (Wildman–Crippen LogP) is 3.56. The second-order valence-electron chi connectivity index (χ2n) is 4.71. The minimum absolute atomic E-state index is 0.0783. The number of ether oxygens (including phenoxy) is 2. The number of hydrogen-bond acceptors (Lipinski definition) is 4. The number of thiophene rings is 1. The number of rotatable bonds is 5. The van der Waals surface area contributed by atoms with E-state index in [9.17, 15) is 4.79 Å². The van der Waals surface area contributed by atoms with E-state index in [1.54, 1.807) is 14.2 Å². The molecule has 1 atom stereocenters. The molecule has 4 nitrogen and oxygen atoms in total. The molecule has 0 spiro atoms. The standard InChI is InChI=1S/C16H19NO3S/c1-10-5-8-15(21-10)16(18)17-11(2)13-9-12(19-3)6-7-14(13)20-4/h5-9,11H,1-4H3,(H,17,18). The number of benzene rings is 1. The SMILES string of the molecule is COc1ccc(OC)c(C(C)NC(=O)c2ccc(C)s2)c1. The predicted molar refractivity (Wildman–Crippen MR) is 84.5 cm³/mol. The van der Waals surface area contributed by atoms with Crippen LogP contribution in [0.25, 0.3) is 0 Å². The van der Waals surface area contributed by atoms with Crippen LogP contribution in [0.5, 0.6) is 11.5 Å². The number of aryl methyl sites for hydroxylation is 1. The molecule has 2 aromatic rings. The van der Waals surface area contributed by atoms with Gasteiger partial charge in [-0.25, -0.2) is 0 Å². The topological polar surface area (TPSA) is 47.6 Å². The van der Waals surface area contributed by atoms with Crippen molar-refractivity contribution >= 4 is 17.2 Å². The van der Waals surface area contributed by atoms with Crippen molar-refractivity contribution in [1.82, 2.24) is 5.32 Å². The maximum atomic E-state index is 12.2. The Morgan fingerprint density at radius 1 is 1.19 bits per heavy atom. The fourth-order valence-corrected chi connectivity index (χ4v) is 2.85. The van der Waals surface area contributed by atoms with Crippen LogP contribution in [0.1, 0.15) is 33.1 Å². The Balaban J connectivity index is 2.19. The van der Waals surface area contributed by atoms with Gasteiger partial charge >= 0.3 is 0 Å². The summed E-state index contributed by atoms with van der Waals surface area (Å²) in [6.07, 6.45) is 0. The summed E-state index contributed by atoms with van der Waals surface area (Å²) in [7, 11) is 3.23. The summed E-state index contributed by atoms with van der Waals surface area (Å²) < 4.78 is 10.6. The first-order valence-corrected chi connectivity index (χ1v) is 7.46. The van der Waals surface area contributed by atoms with Crippen LogP contribution in [-0.4, -0.2) is 20.1 Å². The maximum absolute atomic E-state index is 12.2. The van der Waals surface area contributed by atoms with Gasteiger partial charge in [-0.1, -0.05) is 0 Å². The van der Waals surface area contributed by atoms with E-state index >= 15 is 0 Å².